The predicted octanol–water partition coefficient (Wildman–Crippen LogP) is 1.28. The van der Waals surface area contributed by atoms with Crippen LogP contribution in [0.25, 0.3) is 0 Å². The lowest BCUT2D eigenvalue weighted by Crippen LogP contribution is -2.47. The Kier molecular flexibility index (Phi) is 4.50. The average molecular weight is 380 g/mol. The van der Waals surface area contributed by atoms with Gasteiger partial charge in [-0.2, -0.15) is 0 Å². The van der Waals surface area contributed by atoms with Gasteiger partial charge < -0.3 is 5.73 Å². The van der Waals surface area contributed by atoms with E-state index in [1.54, 1.807) is 18.2 Å². The molecule has 0 bridgehead atoms. The number of anilines is 1. The van der Waals surface area contributed by atoms with Crippen LogP contribution in [0.15, 0.2) is 28.7 Å². The summed E-state index contributed by atoms with van der Waals surface area (Å²) in [6.07, 6.45) is 1.47. The molecule has 0 radical (unpaired) electrons. The minimum Gasteiger partial charge on any atom is -0.369 e. The number of nitrogens with two attached hydrogens (primary N) is 1. The van der Waals surface area contributed by atoms with Crippen LogP contribution in [0.3, 0.4) is 0 Å². The number of amides is 3. The maximum Gasteiger partial charge on any atom is 0.251 e. The van der Waals surface area contributed by atoms with Gasteiger partial charge in [-0.25, -0.2) is 4.90 Å². The van der Waals surface area contributed by atoms with Gasteiger partial charge in [-0.15, -0.1) is 0 Å². The highest BCUT2D eigenvalue weighted by molar-refractivity contribution is 9.10. The van der Waals surface area contributed by atoms with Crippen LogP contribution >= 0.6 is 15.9 Å². The fourth-order valence-corrected chi connectivity index (χ4v) is 3.67. The van der Waals surface area contributed by atoms with E-state index in [1.807, 2.05) is 11.0 Å². The van der Waals surface area contributed by atoms with Gasteiger partial charge in [-0.3, -0.25) is 19.3 Å². The quantitative estimate of drug-likeness (QED) is 0.801. The Morgan fingerprint density at radius 2 is 1.91 bits per heavy atom. The van der Waals surface area contributed by atoms with E-state index >= 15 is 0 Å². The van der Waals surface area contributed by atoms with Crippen molar-refractivity contribution in [3.8, 4) is 0 Å². The second-order valence-corrected chi connectivity index (χ2v) is 6.90. The van der Waals surface area contributed by atoms with Gasteiger partial charge in [-0.1, -0.05) is 22.0 Å². The maximum absolute atomic E-state index is 12.7. The topological polar surface area (TPSA) is 83.7 Å². The van der Waals surface area contributed by atoms with Crippen molar-refractivity contribution in [2.24, 2.45) is 11.7 Å². The van der Waals surface area contributed by atoms with Crippen LogP contribution in [-0.2, 0) is 14.4 Å². The molecule has 0 spiro atoms. The number of carbonyl (C=O) groups is 3. The molecule has 1 unspecified atom stereocenters. The second-order valence-electron chi connectivity index (χ2n) is 5.98. The maximum atomic E-state index is 12.7. The number of rotatable bonds is 3. The van der Waals surface area contributed by atoms with Crippen molar-refractivity contribution in [3.63, 3.8) is 0 Å². The first kappa shape index (κ1) is 16.1. The normalized spacial score (nSPS) is 23.5. The van der Waals surface area contributed by atoms with Gasteiger partial charge in [0.2, 0.25) is 11.8 Å². The fraction of sp³-hybridized carbons (Fsp3) is 0.438. The number of imide groups is 1. The van der Waals surface area contributed by atoms with E-state index in [9.17, 15) is 14.4 Å². The highest BCUT2D eigenvalue weighted by Crippen LogP contribution is 2.29. The van der Waals surface area contributed by atoms with Crippen molar-refractivity contribution < 1.29 is 14.4 Å². The van der Waals surface area contributed by atoms with E-state index in [4.69, 9.17) is 5.73 Å². The summed E-state index contributed by atoms with van der Waals surface area (Å²) in [6.45, 7) is 1.23. The standard InChI is InChI=1S/C16H18BrN3O3/c17-11-2-1-3-12(8-11)20-14(21)9-13(16(20)23)19-6-4-10(5-7-19)15(18)22/h1-3,8,10,13H,4-7,9H2,(H2,18,22). The summed E-state index contributed by atoms with van der Waals surface area (Å²) in [5, 5.41) is 0. The molecule has 6 nitrogen and oxygen atoms in total. The largest absolute Gasteiger partial charge is 0.369 e. The third-order valence-corrected chi connectivity index (χ3v) is 5.06. The van der Waals surface area contributed by atoms with Crippen LogP contribution < -0.4 is 10.6 Å². The van der Waals surface area contributed by atoms with E-state index in [0.717, 1.165) is 4.47 Å². The summed E-state index contributed by atoms with van der Waals surface area (Å²) in [6, 6.07) is 6.72. The Balaban J connectivity index is 1.73. The van der Waals surface area contributed by atoms with Gasteiger partial charge in [-0.05, 0) is 44.1 Å². The molecule has 0 saturated carbocycles. The zero-order valence-electron chi connectivity index (χ0n) is 12.6. The molecule has 2 fully saturated rings. The van der Waals surface area contributed by atoms with E-state index < -0.39 is 6.04 Å². The molecule has 1 atom stereocenters. The molecular formula is C16H18BrN3O3. The lowest BCUT2D eigenvalue weighted by Gasteiger charge is -2.33. The number of hydrogen-bond acceptors (Lipinski definition) is 4. The Labute approximate surface area is 142 Å². The molecule has 2 heterocycles. The molecule has 2 N–H and O–H groups in total. The molecule has 3 rings (SSSR count). The number of halogens is 1. The Morgan fingerprint density at radius 3 is 2.52 bits per heavy atom. The van der Waals surface area contributed by atoms with E-state index in [1.165, 1.54) is 4.90 Å². The molecule has 0 aliphatic carbocycles. The van der Waals surface area contributed by atoms with E-state index in [-0.39, 0.29) is 30.1 Å². The molecular weight excluding hydrogens is 362 g/mol. The predicted molar refractivity (Wildman–Crippen MR) is 88.5 cm³/mol. The first-order valence-corrected chi connectivity index (χ1v) is 8.42. The molecule has 2 saturated heterocycles. The minimum absolute atomic E-state index is 0.125. The minimum atomic E-state index is -0.435. The third-order valence-electron chi connectivity index (χ3n) is 4.56. The summed E-state index contributed by atoms with van der Waals surface area (Å²) in [7, 11) is 0. The molecule has 7 heteroatoms. The molecule has 2 aliphatic heterocycles. The lowest BCUT2D eigenvalue weighted by molar-refractivity contribution is -0.124. The van der Waals surface area contributed by atoms with E-state index in [0.29, 0.717) is 31.6 Å². The smallest absolute Gasteiger partial charge is 0.251 e. The zero-order chi connectivity index (χ0) is 16.6. The number of primary amides is 1. The summed E-state index contributed by atoms with van der Waals surface area (Å²) in [5.74, 6) is -0.783. The number of benzene rings is 1. The van der Waals surface area contributed by atoms with Crippen molar-refractivity contribution in [3.05, 3.63) is 28.7 Å². The van der Waals surface area contributed by atoms with Crippen LogP contribution in [0.1, 0.15) is 19.3 Å². The van der Waals surface area contributed by atoms with E-state index in [2.05, 4.69) is 15.9 Å². The third kappa shape index (κ3) is 3.16. The number of piperidine rings is 1. The van der Waals surface area contributed by atoms with Crippen molar-refractivity contribution in [2.45, 2.75) is 25.3 Å². The summed E-state index contributed by atoms with van der Waals surface area (Å²) in [4.78, 5) is 39.5. The highest BCUT2D eigenvalue weighted by Gasteiger charge is 2.43. The van der Waals surface area contributed by atoms with Crippen LogP contribution in [0.4, 0.5) is 5.69 Å². The first-order valence-electron chi connectivity index (χ1n) is 7.63. The van der Waals surface area contributed by atoms with Crippen molar-refractivity contribution >= 4 is 39.3 Å². The highest BCUT2D eigenvalue weighted by atomic mass is 79.9. The molecule has 0 aromatic heterocycles. The Hall–Kier alpha value is -1.73. The second kappa shape index (κ2) is 6.41. The zero-order valence-corrected chi connectivity index (χ0v) is 14.2. The number of carbonyl (C=O) groups excluding carboxylic acids is 3. The molecule has 23 heavy (non-hydrogen) atoms. The van der Waals surface area contributed by atoms with Crippen LogP contribution in [0.5, 0.6) is 0 Å². The summed E-state index contributed by atoms with van der Waals surface area (Å²) >= 11 is 3.36. The molecule has 1 aromatic carbocycles. The fourth-order valence-electron chi connectivity index (χ4n) is 3.28. The van der Waals surface area contributed by atoms with Gasteiger partial charge in [0.1, 0.15) is 0 Å². The Bertz CT molecular complexity index is 656. The number of likely N-dealkylation sites (tertiary alicyclic amines) is 1. The van der Waals surface area contributed by atoms with Gasteiger partial charge in [0, 0.05) is 10.4 Å². The van der Waals surface area contributed by atoms with Gasteiger partial charge in [0.05, 0.1) is 18.2 Å². The van der Waals surface area contributed by atoms with Crippen molar-refractivity contribution in [1.82, 2.24) is 4.90 Å². The van der Waals surface area contributed by atoms with Gasteiger partial charge >= 0.3 is 0 Å². The number of hydrogen-bond donors (Lipinski definition) is 1. The van der Waals surface area contributed by atoms with Gasteiger partial charge in [0.25, 0.3) is 5.91 Å². The SMILES string of the molecule is NC(=O)C1CCN(C2CC(=O)N(c3cccc(Br)c3)C2=O)CC1. The summed E-state index contributed by atoms with van der Waals surface area (Å²) in [5.41, 5.74) is 5.92. The van der Waals surface area contributed by atoms with Crippen molar-refractivity contribution in [2.75, 3.05) is 18.0 Å². The van der Waals surface area contributed by atoms with Crippen molar-refractivity contribution in [1.29, 1.82) is 0 Å². The monoisotopic (exact) mass is 379 g/mol. The first-order chi connectivity index (χ1) is 11.0. The number of nitrogens with zero attached hydrogens (tertiary/aromatic N) is 2. The van der Waals surface area contributed by atoms with Crippen LogP contribution in [-0.4, -0.2) is 41.8 Å². The molecule has 2 aliphatic rings. The molecule has 3 amide bonds. The lowest BCUT2D eigenvalue weighted by atomic mass is 9.95. The summed E-state index contributed by atoms with van der Waals surface area (Å²) < 4.78 is 0.821. The molecule has 122 valence electrons. The van der Waals surface area contributed by atoms with Crippen LogP contribution in [0, 0.1) is 5.92 Å². The molecule has 1 aromatic rings. The average Bonchev–Trinajstić information content (AvgIpc) is 2.82. The van der Waals surface area contributed by atoms with Crippen LogP contribution in [0.2, 0.25) is 0 Å². The Morgan fingerprint density at radius 1 is 1.22 bits per heavy atom. The van der Waals surface area contributed by atoms with Gasteiger partial charge in [0.15, 0.2) is 0 Å².